The van der Waals surface area contributed by atoms with Crippen LogP contribution >= 0.6 is 12.6 Å². The van der Waals surface area contributed by atoms with E-state index >= 15 is 0 Å². The molecular formula is C13H21F2NO4S. The smallest absolute Gasteiger partial charge is 0.410 e. The summed E-state index contributed by atoms with van der Waals surface area (Å²) in [5.74, 6) is -1.68. The maximum atomic E-state index is 12.5. The number of ether oxygens (including phenoxy) is 2. The van der Waals surface area contributed by atoms with Crippen molar-refractivity contribution in [2.75, 3.05) is 19.7 Å². The van der Waals surface area contributed by atoms with Crippen molar-refractivity contribution >= 4 is 24.7 Å². The first kappa shape index (κ1) is 18.0. The van der Waals surface area contributed by atoms with Crippen LogP contribution < -0.4 is 0 Å². The second kappa shape index (κ2) is 6.81. The van der Waals surface area contributed by atoms with Crippen LogP contribution in [0.4, 0.5) is 13.6 Å². The highest BCUT2D eigenvalue weighted by atomic mass is 32.1. The Labute approximate surface area is 128 Å². The topological polar surface area (TPSA) is 55.8 Å². The van der Waals surface area contributed by atoms with Crippen LogP contribution in [0.2, 0.25) is 0 Å². The molecule has 0 N–H and O–H groups in total. The Balaban J connectivity index is 2.33. The van der Waals surface area contributed by atoms with Crippen molar-refractivity contribution in [3.8, 4) is 0 Å². The first-order chi connectivity index (χ1) is 9.49. The highest BCUT2D eigenvalue weighted by Crippen LogP contribution is 2.23. The van der Waals surface area contributed by atoms with E-state index in [1.54, 1.807) is 25.7 Å². The summed E-state index contributed by atoms with van der Waals surface area (Å²) in [5, 5.41) is -3.77. The Bertz CT molecular complexity index is 385. The summed E-state index contributed by atoms with van der Waals surface area (Å²) in [6, 6.07) is 0. The van der Waals surface area contributed by atoms with Crippen LogP contribution in [-0.4, -0.2) is 47.5 Å². The third-order valence-corrected chi connectivity index (χ3v) is 3.14. The number of thiol groups is 1. The summed E-state index contributed by atoms with van der Waals surface area (Å²) < 4.78 is 34.8. The lowest BCUT2D eigenvalue weighted by Crippen LogP contribution is -2.42. The molecule has 8 heteroatoms. The van der Waals surface area contributed by atoms with Gasteiger partial charge < -0.3 is 14.4 Å². The molecule has 1 aliphatic heterocycles. The van der Waals surface area contributed by atoms with Crippen LogP contribution in [0.5, 0.6) is 0 Å². The van der Waals surface area contributed by atoms with Gasteiger partial charge in [0.05, 0.1) is 6.61 Å². The molecule has 0 bridgehead atoms. The normalized spacial score (nSPS) is 17.5. The number of alkyl halides is 2. The van der Waals surface area contributed by atoms with Gasteiger partial charge in [-0.05, 0) is 39.5 Å². The Morgan fingerprint density at radius 1 is 1.24 bits per heavy atom. The maximum absolute atomic E-state index is 12.5. The minimum absolute atomic E-state index is 0.0386. The average Bonchev–Trinajstić information content (AvgIpc) is 2.33. The molecule has 1 amide bonds. The molecule has 0 spiro atoms. The predicted molar refractivity (Wildman–Crippen MR) is 75.4 cm³/mol. The van der Waals surface area contributed by atoms with E-state index in [1.165, 1.54) is 0 Å². The van der Waals surface area contributed by atoms with Crippen LogP contribution in [0.15, 0.2) is 0 Å². The molecule has 1 aliphatic rings. The third-order valence-electron chi connectivity index (χ3n) is 2.96. The summed E-state index contributed by atoms with van der Waals surface area (Å²) in [4.78, 5) is 24.3. The van der Waals surface area contributed by atoms with E-state index < -0.39 is 16.8 Å². The second-order valence-electron chi connectivity index (χ2n) is 6.05. The zero-order chi connectivity index (χ0) is 16.3. The van der Waals surface area contributed by atoms with Gasteiger partial charge in [-0.25, -0.2) is 9.59 Å². The number of halogens is 2. The van der Waals surface area contributed by atoms with Gasteiger partial charge in [-0.2, -0.15) is 8.78 Å². The van der Waals surface area contributed by atoms with E-state index in [4.69, 9.17) is 4.74 Å². The van der Waals surface area contributed by atoms with Gasteiger partial charge in [-0.15, -0.1) is 0 Å². The second-order valence-corrected chi connectivity index (χ2v) is 6.61. The van der Waals surface area contributed by atoms with Gasteiger partial charge in [-0.3, -0.25) is 0 Å². The molecule has 1 heterocycles. The molecule has 0 aromatic rings. The van der Waals surface area contributed by atoms with E-state index in [-0.39, 0.29) is 18.6 Å². The maximum Gasteiger partial charge on any atom is 0.410 e. The van der Waals surface area contributed by atoms with Crippen LogP contribution in [0.25, 0.3) is 0 Å². The number of carbonyl (C=O) groups excluding carboxylic acids is 2. The van der Waals surface area contributed by atoms with Gasteiger partial charge in [0.15, 0.2) is 0 Å². The molecule has 0 unspecified atom stereocenters. The molecule has 0 atom stereocenters. The van der Waals surface area contributed by atoms with Gasteiger partial charge in [0.1, 0.15) is 5.60 Å². The SMILES string of the molecule is CC(C)(C)OC(=O)N1CCC(COC(=O)C(F)(F)S)CC1. The van der Waals surface area contributed by atoms with Crippen LogP contribution in [0, 0.1) is 5.92 Å². The lowest BCUT2D eigenvalue weighted by molar-refractivity contribution is -0.161. The van der Waals surface area contributed by atoms with Crippen molar-refractivity contribution in [3.63, 3.8) is 0 Å². The average molecular weight is 325 g/mol. The molecule has 0 radical (unpaired) electrons. The Morgan fingerprint density at radius 2 is 1.76 bits per heavy atom. The van der Waals surface area contributed by atoms with Crippen molar-refractivity contribution in [3.05, 3.63) is 0 Å². The van der Waals surface area contributed by atoms with Crippen LogP contribution in [-0.2, 0) is 14.3 Å². The molecule has 1 saturated heterocycles. The number of nitrogens with zero attached hydrogens (tertiary/aromatic N) is 1. The molecule has 1 rings (SSSR count). The zero-order valence-electron chi connectivity index (χ0n) is 12.4. The van der Waals surface area contributed by atoms with Gasteiger partial charge in [0.25, 0.3) is 0 Å². The number of hydrogen-bond acceptors (Lipinski definition) is 5. The third kappa shape index (κ3) is 6.50. The first-order valence-corrected chi connectivity index (χ1v) is 7.19. The summed E-state index contributed by atoms with van der Waals surface area (Å²) >= 11 is 2.85. The fourth-order valence-electron chi connectivity index (χ4n) is 1.89. The molecule has 5 nitrogen and oxygen atoms in total. The zero-order valence-corrected chi connectivity index (χ0v) is 13.3. The standard InChI is InChI=1S/C13H21F2NO4S/c1-12(2,3)20-11(18)16-6-4-9(5-7-16)8-19-10(17)13(14,15)21/h9,21H,4-8H2,1-3H3. The number of piperidine rings is 1. The Morgan fingerprint density at radius 3 is 2.19 bits per heavy atom. The van der Waals surface area contributed by atoms with Crippen molar-refractivity contribution in [1.29, 1.82) is 0 Å². The van der Waals surface area contributed by atoms with E-state index in [0.717, 1.165) is 0 Å². The molecule has 21 heavy (non-hydrogen) atoms. The van der Waals surface area contributed by atoms with Gasteiger partial charge >= 0.3 is 17.3 Å². The van der Waals surface area contributed by atoms with E-state index in [2.05, 4.69) is 17.4 Å². The Kier molecular flexibility index (Phi) is 5.83. The molecular weight excluding hydrogens is 304 g/mol. The lowest BCUT2D eigenvalue weighted by atomic mass is 9.98. The minimum atomic E-state index is -3.77. The van der Waals surface area contributed by atoms with Crippen LogP contribution in [0.3, 0.4) is 0 Å². The number of carbonyl (C=O) groups is 2. The fourth-order valence-corrected chi connectivity index (χ4v) is 1.95. The van der Waals surface area contributed by atoms with Crippen LogP contribution in [0.1, 0.15) is 33.6 Å². The quantitative estimate of drug-likeness (QED) is 0.640. The molecule has 1 fully saturated rings. The fraction of sp³-hybridized carbons (Fsp3) is 0.846. The summed E-state index contributed by atoms with van der Waals surface area (Å²) in [7, 11) is 0. The first-order valence-electron chi connectivity index (χ1n) is 6.74. The van der Waals surface area contributed by atoms with Crippen molar-refractivity contribution < 1.29 is 27.8 Å². The van der Waals surface area contributed by atoms with E-state index in [9.17, 15) is 18.4 Å². The molecule has 0 aromatic heterocycles. The van der Waals surface area contributed by atoms with Gasteiger partial charge in [-0.1, -0.05) is 12.6 Å². The number of esters is 1. The number of amides is 1. The van der Waals surface area contributed by atoms with Crippen molar-refractivity contribution in [2.45, 2.75) is 44.5 Å². The number of hydrogen-bond donors (Lipinski definition) is 1. The molecule has 0 aliphatic carbocycles. The largest absolute Gasteiger partial charge is 0.460 e. The summed E-state index contributed by atoms with van der Waals surface area (Å²) in [5.41, 5.74) is -0.554. The van der Waals surface area contributed by atoms with E-state index in [1.807, 2.05) is 0 Å². The summed E-state index contributed by atoms with van der Waals surface area (Å²) in [6.45, 7) is 6.18. The predicted octanol–water partition coefficient (Wildman–Crippen LogP) is 2.70. The van der Waals surface area contributed by atoms with Gasteiger partial charge in [0.2, 0.25) is 0 Å². The number of rotatable bonds is 3. The number of likely N-dealkylation sites (tertiary alicyclic amines) is 1. The highest BCUT2D eigenvalue weighted by Gasteiger charge is 2.36. The summed E-state index contributed by atoms with van der Waals surface area (Å²) in [6.07, 6.45) is 0.759. The monoisotopic (exact) mass is 325 g/mol. The highest BCUT2D eigenvalue weighted by molar-refractivity contribution is 7.82. The Hall–Kier alpha value is -1.05. The van der Waals surface area contributed by atoms with Crippen molar-refractivity contribution in [2.24, 2.45) is 5.92 Å². The molecule has 0 saturated carbocycles. The minimum Gasteiger partial charge on any atom is -0.460 e. The molecule has 122 valence electrons. The molecule has 0 aromatic carbocycles. The van der Waals surface area contributed by atoms with Gasteiger partial charge in [0, 0.05) is 13.1 Å². The lowest BCUT2D eigenvalue weighted by Gasteiger charge is -2.33. The van der Waals surface area contributed by atoms with E-state index in [0.29, 0.717) is 25.9 Å². The van der Waals surface area contributed by atoms with Crippen molar-refractivity contribution in [1.82, 2.24) is 4.90 Å².